The molecular formula is C20H23ClN2O3. The van der Waals surface area contributed by atoms with E-state index in [0.29, 0.717) is 16.5 Å². The number of rotatable bonds is 5. The molecule has 2 aromatic rings. The molecule has 0 heterocycles. The Morgan fingerprint density at radius 2 is 1.73 bits per heavy atom. The summed E-state index contributed by atoms with van der Waals surface area (Å²) in [6.07, 6.45) is 0. The third kappa shape index (κ3) is 4.35. The van der Waals surface area contributed by atoms with Crippen LogP contribution in [-0.2, 0) is 9.59 Å². The number of hydrogen-bond acceptors (Lipinski definition) is 3. The van der Waals surface area contributed by atoms with E-state index < -0.39 is 0 Å². The molecule has 5 nitrogen and oxygen atoms in total. The molecule has 0 unspecified atom stereocenters. The average molecular weight is 375 g/mol. The van der Waals surface area contributed by atoms with Gasteiger partial charge in [-0.25, -0.2) is 0 Å². The van der Waals surface area contributed by atoms with Gasteiger partial charge in [0.2, 0.25) is 11.8 Å². The molecule has 0 aromatic heterocycles. The van der Waals surface area contributed by atoms with Gasteiger partial charge in [-0.2, -0.15) is 0 Å². The van der Waals surface area contributed by atoms with Crippen molar-refractivity contribution in [3.05, 3.63) is 52.0 Å². The molecule has 0 aliphatic heterocycles. The van der Waals surface area contributed by atoms with Crippen molar-refractivity contribution in [2.45, 2.75) is 27.7 Å². The molecule has 1 N–H and O–H groups in total. The molecule has 0 bridgehead atoms. The summed E-state index contributed by atoms with van der Waals surface area (Å²) < 4.78 is 5.28. The van der Waals surface area contributed by atoms with Crippen LogP contribution in [0.25, 0.3) is 0 Å². The number of amides is 2. The lowest BCUT2D eigenvalue weighted by Crippen LogP contribution is -2.37. The van der Waals surface area contributed by atoms with E-state index in [4.69, 9.17) is 16.3 Å². The van der Waals surface area contributed by atoms with Crippen molar-refractivity contribution in [1.29, 1.82) is 0 Å². The highest BCUT2D eigenvalue weighted by atomic mass is 35.5. The van der Waals surface area contributed by atoms with Crippen molar-refractivity contribution in [3.8, 4) is 5.75 Å². The largest absolute Gasteiger partial charge is 0.495 e. The van der Waals surface area contributed by atoms with E-state index in [1.807, 2.05) is 39.0 Å². The van der Waals surface area contributed by atoms with Crippen molar-refractivity contribution in [1.82, 2.24) is 0 Å². The molecule has 0 aliphatic carbocycles. The lowest BCUT2D eigenvalue weighted by Gasteiger charge is -2.24. The molecule has 138 valence electrons. The summed E-state index contributed by atoms with van der Waals surface area (Å²) in [7, 11) is 1.51. The van der Waals surface area contributed by atoms with Crippen LogP contribution in [0.5, 0.6) is 5.75 Å². The fraction of sp³-hybridized carbons (Fsp3) is 0.300. The van der Waals surface area contributed by atoms with Gasteiger partial charge in [-0.15, -0.1) is 0 Å². The van der Waals surface area contributed by atoms with Crippen LogP contribution in [0.4, 0.5) is 11.4 Å². The molecule has 0 saturated heterocycles. The summed E-state index contributed by atoms with van der Waals surface area (Å²) in [4.78, 5) is 26.2. The second-order valence-corrected chi connectivity index (χ2v) is 6.60. The molecule has 0 spiro atoms. The van der Waals surface area contributed by atoms with Crippen LogP contribution in [0.3, 0.4) is 0 Å². The van der Waals surface area contributed by atoms with E-state index in [9.17, 15) is 9.59 Å². The normalized spacial score (nSPS) is 10.4. The zero-order valence-electron chi connectivity index (χ0n) is 15.6. The summed E-state index contributed by atoms with van der Waals surface area (Å²) >= 11 is 6.10. The zero-order chi connectivity index (χ0) is 19.4. The van der Waals surface area contributed by atoms with Crippen molar-refractivity contribution in [3.63, 3.8) is 0 Å². The number of aryl methyl sites for hydroxylation is 3. The molecule has 2 aromatic carbocycles. The van der Waals surface area contributed by atoms with Crippen LogP contribution in [0.15, 0.2) is 30.3 Å². The van der Waals surface area contributed by atoms with Gasteiger partial charge in [0.25, 0.3) is 0 Å². The topological polar surface area (TPSA) is 58.6 Å². The van der Waals surface area contributed by atoms with Gasteiger partial charge >= 0.3 is 0 Å². The molecule has 0 aliphatic rings. The third-order valence-electron chi connectivity index (χ3n) is 4.15. The van der Waals surface area contributed by atoms with E-state index in [-0.39, 0.29) is 18.4 Å². The first-order valence-corrected chi connectivity index (χ1v) is 8.60. The van der Waals surface area contributed by atoms with Gasteiger partial charge in [-0.1, -0.05) is 29.8 Å². The van der Waals surface area contributed by atoms with Crippen molar-refractivity contribution in [2.75, 3.05) is 23.9 Å². The summed E-state index contributed by atoms with van der Waals surface area (Å²) in [6.45, 7) is 7.04. The standard InChI is InChI=1S/C20H23ClN2O3/c1-12-7-6-8-13(2)20(12)23(15(4)24)11-19(25)22-17-9-14(3)16(21)10-18(17)26-5/h6-10H,11H2,1-5H3,(H,22,25). The first-order valence-electron chi connectivity index (χ1n) is 8.23. The van der Waals surface area contributed by atoms with Crippen LogP contribution in [-0.4, -0.2) is 25.5 Å². The monoisotopic (exact) mass is 374 g/mol. The lowest BCUT2D eigenvalue weighted by molar-refractivity contribution is -0.120. The Hall–Kier alpha value is -2.53. The first-order chi connectivity index (χ1) is 12.2. The number of anilines is 2. The fourth-order valence-electron chi connectivity index (χ4n) is 2.84. The quantitative estimate of drug-likeness (QED) is 0.850. The molecule has 0 atom stereocenters. The van der Waals surface area contributed by atoms with Crippen LogP contribution in [0.1, 0.15) is 23.6 Å². The van der Waals surface area contributed by atoms with Crippen LogP contribution in [0.2, 0.25) is 5.02 Å². The van der Waals surface area contributed by atoms with E-state index >= 15 is 0 Å². The third-order valence-corrected chi connectivity index (χ3v) is 4.55. The number of nitrogens with one attached hydrogen (secondary N) is 1. The zero-order valence-corrected chi connectivity index (χ0v) is 16.4. The van der Waals surface area contributed by atoms with Crippen molar-refractivity contribution in [2.24, 2.45) is 0 Å². The molecule has 6 heteroatoms. The maximum atomic E-state index is 12.6. The van der Waals surface area contributed by atoms with Gasteiger partial charge in [-0.3, -0.25) is 9.59 Å². The van der Waals surface area contributed by atoms with Gasteiger partial charge in [0, 0.05) is 18.0 Å². The number of carbonyl (C=O) groups excluding carboxylic acids is 2. The number of benzene rings is 2. The number of hydrogen-bond donors (Lipinski definition) is 1. The Morgan fingerprint density at radius 3 is 2.27 bits per heavy atom. The van der Waals surface area contributed by atoms with Crippen LogP contribution < -0.4 is 15.0 Å². The Balaban J connectivity index is 2.27. The smallest absolute Gasteiger partial charge is 0.244 e. The van der Waals surface area contributed by atoms with Gasteiger partial charge in [0.1, 0.15) is 12.3 Å². The van der Waals surface area contributed by atoms with Gasteiger partial charge in [-0.05, 0) is 43.5 Å². The highest BCUT2D eigenvalue weighted by Crippen LogP contribution is 2.31. The highest BCUT2D eigenvalue weighted by molar-refractivity contribution is 6.31. The number of carbonyl (C=O) groups is 2. The maximum absolute atomic E-state index is 12.6. The Bertz CT molecular complexity index is 829. The Kier molecular flexibility index (Phi) is 6.27. The van der Waals surface area contributed by atoms with E-state index in [1.165, 1.54) is 18.9 Å². The summed E-state index contributed by atoms with van der Waals surface area (Å²) in [5.41, 5.74) is 3.97. The van der Waals surface area contributed by atoms with E-state index in [2.05, 4.69) is 5.32 Å². The van der Waals surface area contributed by atoms with Crippen LogP contribution >= 0.6 is 11.6 Å². The fourth-order valence-corrected chi connectivity index (χ4v) is 3.00. The highest BCUT2D eigenvalue weighted by Gasteiger charge is 2.20. The number of para-hydroxylation sites is 1. The van der Waals surface area contributed by atoms with Crippen molar-refractivity contribution >= 4 is 34.8 Å². The van der Waals surface area contributed by atoms with Gasteiger partial charge in [0.05, 0.1) is 18.5 Å². The molecule has 0 fully saturated rings. The number of nitrogens with zero attached hydrogens (tertiary/aromatic N) is 1. The molecular weight excluding hydrogens is 352 g/mol. The number of methoxy groups -OCH3 is 1. The molecule has 26 heavy (non-hydrogen) atoms. The first kappa shape index (κ1) is 19.8. The molecule has 0 saturated carbocycles. The Morgan fingerprint density at radius 1 is 1.12 bits per heavy atom. The minimum absolute atomic E-state index is 0.0914. The van der Waals surface area contributed by atoms with E-state index in [0.717, 1.165) is 22.4 Å². The van der Waals surface area contributed by atoms with Crippen LogP contribution in [0, 0.1) is 20.8 Å². The molecule has 2 rings (SSSR count). The lowest BCUT2D eigenvalue weighted by atomic mass is 10.1. The second-order valence-electron chi connectivity index (χ2n) is 6.20. The minimum Gasteiger partial charge on any atom is -0.495 e. The van der Waals surface area contributed by atoms with Crippen molar-refractivity contribution < 1.29 is 14.3 Å². The van der Waals surface area contributed by atoms with Gasteiger partial charge in [0.15, 0.2) is 0 Å². The number of halogens is 1. The summed E-state index contributed by atoms with van der Waals surface area (Å²) in [5.74, 6) is -0.0462. The average Bonchev–Trinajstić information content (AvgIpc) is 2.56. The molecule has 0 radical (unpaired) electrons. The Labute approximate surface area is 158 Å². The summed E-state index contributed by atoms with van der Waals surface area (Å²) in [5, 5.41) is 3.36. The maximum Gasteiger partial charge on any atom is 0.244 e. The second kappa shape index (κ2) is 8.23. The molecule has 2 amide bonds. The predicted octanol–water partition coefficient (Wildman–Crippen LogP) is 4.27. The van der Waals surface area contributed by atoms with E-state index in [1.54, 1.807) is 12.1 Å². The predicted molar refractivity (Wildman–Crippen MR) is 105 cm³/mol. The minimum atomic E-state index is -0.317. The summed E-state index contributed by atoms with van der Waals surface area (Å²) in [6, 6.07) is 9.16. The SMILES string of the molecule is COc1cc(Cl)c(C)cc1NC(=O)CN(C(C)=O)c1c(C)cccc1C. The number of ether oxygens (including phenoxy) is 1. The van der Waals surface area contributed by atoms with Gasteiger partial charge < -0.3 is 15.0 Å².